The molecule has 3 aromatic carbocycles. The molecule has 0 fully saturated rings. The molecule has 8 nitrogen and oxygen atoms in total. The van der Waals surface area contributed by atoms with E-state index >= 15 is 0 Å². The van der Waals surface area contributed by atoms with Gasteiger partial charge in [0.25, 0.3) is 5.69 Å². The Bertz CT molecular complexity index is 1350. The highest BCUT2D eigenvalue weighted by Crippen LogP contribution is 2.27. The van der Waals surface area contributed by atoms with Gasteiger partial charge in [0.05, 0.1) is 26.5 Å². The Morgan fingerprint density at radius 2 is 1.80 bits per heavy atom. The number of non-ortho nitro benzene ring substituents is 1. The lowest BCUT2D eigenvalue weighted by molar-refractivity contribution is -0.385. The third-order valence-electron chi connectivity index (χ3n) is 4.73. The van der Waals surface area contributed by atoms with E-state index in [4.69, 9.17) is 0 Å². The quantitative estimate of drug-likeness (QED) is 0.372. The van der Waals surface area contributed by atoms with E-state index < -0.39 is 14.8 Å². The van der Waals surface area contributed by atoms with Crippen LogP contribution in [-0.2, 0) is 16.4 Å². The molecule has 0 aliphatic rings. The summed E-state index contributed by atoms with van der Waals surface area (Å²) in [5.74, 6) is 0. The van der Waals surface area contributed by atoms with Gasteiger partial charge in [-0.1, -0.05) is 24.3 Å². The first kappa shape index (κ1) is 19.6. The maximum Gasteiger partial charge on any atom is 0.270 e. The summed E-state index contributed by atoms with van der Waals surface area (Å²) in [6.07, 6.45) is 2.80. The van der Waals surface area contributed by atoms with Crippen LogP contribution < -0.4 is 5.32 Å². The molecule has 0 saturated heterocycles. The number of sulfone groups is 1. The van der Waals surface area contributed by atoms with Gasteiger partial charge in [-0.05, 0) is 35.9 Å². The highest BCUT2D eigenvalue weighted by Gasteiger charge is 2.18. The van der Waals surface area contributed by atoms with Crippen LogP contribution in [0.3, 0.4) is 0 Å². The number of fused-ring (bicyclic) bond motifs is 1. The molecule has 1 heterocycles. The van der Waals surface area contributed by atoms with Crippen molar-refractivity contribution >= 4 is 32.2 Å². The molecule has 0 radical (unpaired) electrons. The fourth-order valence-electron chi connectivity index (χ4n) is 3.21. The molecule has 152 valence electrons. The molecular formula is C21H18N4O4S. The molecule has 30 heavy (non-hydrogen) atoms. The molecule has 0 atom stereocenters. The number of para-hydroxylation sites is 2. The van der Waals surface area contributed by atoms with Gasteiger partial charge in [0.2, 0.25) is 0 Å². The minimum absolute atomic E-state index is 0.0989. The number of hydrogen-bond acceptors (Lipinski definition) is 6. The Morgan fingerprint density at radius 3 is 2.50 bits per heavy atom. The number of rotatable bonds is 6. The van der Waals surface area contributed by atoms with Crippen LogP contribution >= 0.6 is 0 Å². The number of nitrogens with one attached hydrogen (secondary N) is 1. The summed E-state index contributed by atoms with van der Waals surface area (Å²) in [6, 6.07) is 19.4. The lowest BCUT2D eigenvalue weighted by Gasteiger charge is -2.12. The number of imidazole rings is 1. The van der Waals surface area contributed by atoms with Crippen LogP contribution in [0.25, 0.3) is 16.7 Å². The third-order valence-corrected chi connectivity index (χ3v) is 5.86. The van der Waals surface area contributed by atoms with Gasteiger partial charge in [0.15, 0.2) is 9.84 Å². The molecule has 4 rings (SSSR count). The zero-order valence-corrected chi connectivity index (χ0v) is 16.8. The van der Waals surface area contributed by atoms with Crippen LogP contribution in [0.5, 0.6) is 0 Å². The molecule has 0 bridgehead atoms. The van der Waals surface area contributed by atoms with Crippen LogP contribution in [0.15, 0.2) is 78.0 Å². The maximum absolute atomic E-state index is 12.1. The van der Waals surface area contributed by atoms with E-state index in [0.29, 0.717) is 12.2 Å². The second-order valence-corrected chi connectivity index (χ2v) is 8.82. The number of nitro benzene ring substituents is 1. The van der Waals surface area contributed by atoms with E-state index in [9.17, 15) is 18.5 Å². The first-order chi connectivity index (χ1) is 14.3. The maximum atomic E-state index is 12.1. The average Bonchev–Trinajstić information content (AvgIpc) is 3.16. The lowest BCUT2D eigenvalue weighted by atomic mass is 10.2. The van der Waals surface area contributed by atoms with E-state index in [2.05, 4.69) is 10.3 Å². The predicted octanol–water partition coefficient (Wildman–Crippen LogP) is 3.95. The number of anilines is 1. The fraction of sp³-hybridized carbons (Fsp3) is 0.0952. The van der Waals surface area contributed by atoms with Crippen LogP contribution in [0.4, 0.5) is 11.4 Å². The number of aromatic nitrogens is 2. The third kappa shape index (κ3) is 3.87. The first-order valence-electron chi connectivity index (χ1n) is 9.07. The molecule has 0 unspecified atom stereocenters. The van der Waals surface area contributed by atoms with Crippen molar-refractivity contribution in [2.45, 2.75) is 11.4 Å². The molecular weight excluding hydrogens is 404 g/mol. The molecule has 0 aliphatic carbocycles. The van der Waals surface area contributed by atoms with Crippen molar-refractivity contribution in [3.63, 3.8) is 0 Å². The smallest absolute Gasteiger partial charge is 0.270 e. The summed E-state index contributed by atoms with van der Waals surface area (Å²) in [5, 5.41) is 14.0. The zero-order chi connectivity index (χ0) is 21.3. The molecule has 0 amide bonds. The van der Waals surface area contributed by atoms with Gasteiger partial charge in [-0.25, -0.2) is 13.4 Å². The predicted molar refractivity (Wildman–Crippen MR) is 115 cm³/mol. The van der Waals surface area contributed by atoms with Gasteiger partial charge in [-0.3, -0.25) is 14.7 Å². The Labute approximate surface area is 172 Å². The fourth-order valence-corrected chi connectivity index (χ4v) is 4.09. The summed E-state index contributed by atoms with van der Waals surface area (Å²) in [5.41, 5.74) is 3.87. The van der Waals surface area contributed by atoms with Crippen molar-refractivity contribution in [1.29, 1.82) is 0 Å². The molecule has 9 heteroatoms. The highest BCUT2D eigenvalue weighted by molar-refractivity contribution is 7.90. The van der Waals surface area contributed by atoms with Crippen molar-refractivity contribution in [2.75, 3.05) is 11.6 Å². The molecule has 0 spiro atoms. The summed E-state index contributed by atoms with van der Waals surface area (Å²) in [4.78, 5) is 14.6. The van der Waals surface area contributed by atoms with E-state index in [0.717, 1.165) is 34.6 Å². The van der Waals surface area contributed by atoms with Gasteiger partial charge in [0, 0.05) is 30.6 Å². The number of benzene rings is 3. The topological polar surface area (TPSA) is 107 Å². The van der Waals surface area contributed by atoms with E-state index in [1.165, 1.54) is 12.1 Å². The van der Waals surface area contributed by atoms with Crippen molar-refractivity contribution in [3.8, 4) is 5.69 Å². The van der Waals surface area contributed by atoms with Crippen molar-refractivity contribution in [1.82, 2.24) is 9.55 Å². The first-order valence-corrected chi connectivity index (χ1v) is 11.0. The van der Waals surface area contributed by atoms with E-state index in [1.807, 2.05) is 53.1 Å². The van der Waals surface area contributed by atoms with Gasteiger partial charge in [-0.15, -0.1) is 0 Å². The van der Waals surface area contributed by atoms with Crippen LogP contribution in [0.1, 0.15) is 5.56 Å². The Hall–Kier alpha value is -3.72. The Morgan fingerprint density at radius 1 is 1.07 bits per heavy atom. The second-order valence-electron chi connectivity index (χ2n) is 6.83. The monoisotopic (exact) mass is 422 g/mol. The van der Waals surface area contributed by atoms with Crippen molar-refractivity contribution in [3.05, 3.63) is 88.7 Å². The molecule has 1 aromatic heterocycles. The zero-order valence-electron chi connectivity index (χ0n) is 16.0. The van der Waals surface area contributed by atoms with Crippen LogP contribution in [-0.4, -0.2) is 29.1 Å². The molecule has 1 N–H and O–H groups in total. The van der Waals surface area contributed by atoms with E-state index in [1.54, 1.807) is 6.33 Å². The van der Waals surface area contributed by atoms with Crippen LogP contribution in [0.2, 0.25) is 0 Å². The second kappa shape index (κ2) is 7.60. The standard InChI is InChI=1S/C21H18N4O4S/c1-30(28,29)21-12-17(25(26)27)10-11-19(21)22-13-15-6-8-16(9-7-15)24-14-23-18-4-2-3-5-20(18)24/h2-12,14,22H,13H2,1H3. The molecule has 4 aromatic rings. The minimum atomic E-state index is -3.63. The summed E-state index contributed by atoms with van der Waals surface area (Å²) >= 11 is 0. The average molecular weight is 422 g/mol. The normalized spacial score (nSPS) is 11.5. The summed E-state index contributed by atoms with van der Waals surface area (Å²) < 4.78 is 26.1. The number of nitrogens with zero attached hydrogens (tertiary/aromatic N) is 3. The lowest BCUT2D eigenvalue weighted by Crippen LogP contribution is -2.07. The Kier molecular flexibility index (Phi) is 4.96. The van der Waals surface area contributed by atoms with Crippen molar-refractivity contribution < 1.29 is 13.3 Å². The number of nitro groups is 1. The summed E-state index contributed by atoms with van der Waals surface area (Å²) in [6.45, 7) is 0.366. The van der Waals surface area contributed by atoms with Gasteiger partial charge in [-0.2, -0.15) is 0 Å². The van der Waals surface area contributed by atoms with Gasteiger partial charge < -0.3 is 5.32 Å². The molecule has 0 aliphatic heterocycles. The van der Waals surface area contributed by atoms with E-state index in [-0.39, 0.29) is 10.6 Å². The SMILES string of the molecule is CS(=O)(=O)c1cc([N+](=O)[O-])ccc1NCc1ccc(-n2cnc3ccccc32)cc1. The van der Waals surface area contributed by atoms with Crippen molar-refractivity contribution in [2.24, 2.45) is 0 Å². The largest absolute Gasteiger partial charge is 0.380 e. The van der Waals surface area contributed by atoms with Gasteiger partial charge >= 0.3 is 0 Å². The molecule has 0 saturated carbocycles. The highest BCUT2D eigenvalue weighted by atomic mass is 32.2. The summed E-state index contributed by atoms with van der Waals surface area (Å²) in [7, 11) is -3.63. The van der Waals surface area contributed by atoms with Crippen LogP contribution in [0, 0.1) is 10.1 Å². The number of hydrogen-bond donors (Lipinski definition) is 1. The minimum Gasteiger partial charge on any atom is -0.380 e. The Balaban J connectivity index is 1.56. The van der Waals surface area contributed by atoms with Gasteiger partial charge in [0.1, 0.15) is 6.33 Å².